The molecule has 27 heavy (non-hydrogen) atoms. The molecule has 150 valence electrons. The van der Waals surface area contributed by atoms with Crippen molar-refractivity contribution >= 4 is 23.4 Å². The zero-order valence-corrected chi connectivity index (χ0v) is 17.6. The van der Waals surface area contributed by atoms with Gasteiger partial charge < -0.3 is 15.3 Å². The van der Waals surface area contributed by atoms with Crippen LogP contribution in [-0.2, 0) is 9.59 Å². The van der Waals surface area contributed by atoms with Gasteiger partial charge in [-0.15, -0.1) is 0 Å². The van der Waals surface area contributed by atoms with Crippen LogP contribution in [0.3, 0.4) is 0 Å². The maximum absolute atomic E-state index is 12.8. The van der Waals surface area contributed by atoms with Gasteiger partial charge in [0.1, 0.15) is 6.10 Å². The van der Waals surface area contributed by atoms with Crippen LogP contribution in [0.4, 0.5) is 0 Å². The van der Waals surface area contributed by atoms with Crippen molar-refractivity contribution in [3.05, 3.63) is 34.9 Å². The summed E-state index contributed by atoms with van der Waals surface area (Å²) in [4.78, 5) is 26.5. The van der Waals surface area contributed by atoms with E-state index >= 15 is 0 Å². The molecule has 0 radical (unpaired) electrons. The molecule has 1 aliphatic rings. The van der Waals surface area contributed by atoms with Gasteiger partial charge in [0.25, 0.3) is 0 Å². The van der Waals surface area contributed by atoms with E-state index in [1.54, 1.807) is 13.8 Å². The molecule has 5 nitrogen and oxygen atoms in total. The predicted octanol–water partition coefficient (Wildman–Crippen LogP) is 3.35. The van der Waals surface area contributed by atoms with E-state index < -0.39 is 17.6 Å². The lowest BCUT2D eigenvalue weighted by Gasteiger charge is -2.45. The fourth-order valence-electron chi connectivity index (χ4n) is 3.85. The highest BCUT2D eigenvalue weighted by atomic mass is 35.5. The topological polar surface area (TPSA) is 69.6 Å². The first kappa shape index (κ1) is 21.7. The van der Waals surface area contributed by atoms with Crippen molar-refractivity contribution in [2.45, 2.75) is 65.0 Å². The monoisotopic (exact) mass is 394 g/mol. The SMILES string of the molecule is C[C@@H](O)C(=O)NC(C)(C)CC(=O)N1CCC(c2ccc(Cl)cc2)C(C)(C)C1. The molecular weight excluding hydrogens is 364 g/mol. The van der Waals surface area contributed by atoms with E-state index in [9.17, 15) is 14.7 Å². The summed E-state index contributed by atoms with van der Waals surface area (Å²) in [6.45, 7) is 10.7. The molecule has 2 atom stereocenters. The second-order valence-corrected chi connectivity index (χ2v) is 9.36. The number of aliphatic hydroxyl groups excluding tert-OH is 1. The third-order valence-corrected chi connectivity index (χ3v) is 5.54. The molecule has 1 unspecified atom stereocenters. The summed E-state index contributed by atoms with van der Waals surface area (Å²) in [7, 11) is 0. The van der Waals surface area contributed by atoms with Crippen molar-refractivity contribution in [1.82, 2.24) is 10.2 Å². The lowest BCUT2D eigenvalue weighted by molar-refractivity contribution is -0.137. The summed E-state index contributed by atoms with van der Waals surface area (Å²) in [5.74, 6) is -0.0788. The Bertz CT molecular complexity index is 683. The standard InChI is InChI=1S/C21H31ClN2O3/c1-14(25)19(27)23-21(4,5)12-18(26)24-11-10-17(20(2,3)13-24)15-6-8-16(22)9-7-15/h6-9,14,17,25H,10-13H2,1-5H3,(H,23,27)/t14-,17?/m1/s1. The first-order valence-corrected chi connectivity index (χ1v) is 9.82. The Balaban J connectivity index is 2.02. The van der Waals surface area contributed by atoms with Gasteiger partial charge in [-0.25, -0.2) is 0 Å². The minimum Gasteiger partial charge on any atom is -0.384 e. The number of hydrogen-bond donors (Lipinski definition) is 2. The number of carbonyl (C=O) groups is 2. The maximum Gasteiger partial charge on any atom is 0.248 e. The van der Waals surface area contributed by atoms with E-state index in [0.29, 0.717) is 19.0 Å². The number of nitrogens with zero attached hydrogens (tertiary/aromatic N) is 1. The second kappa shape index (κ2) is 8.19. The third kappa shape index (κ3) is 5.69. The largest absolute Gasteiger partial charge is 0.384 e. The van der Waals surface area contributed by atoms with E-state index in [1.807, 2.05) is 17.0 Å². The Hall–Kier alpha value is -1.59. The van der Waals surface area contributed by atoms with Gasteiger partial charge in [-0.2, -0.15) is 0 Å². The van der Waals surface area contributed by atoms with Gasteiger partial charge in [0.2, 0.25) is 11.8 Å². The Morgan fingerprint density at radius 2 is 1.93 bits per heavy atom. The zero-order valence-electron chi connectivity index (χ0n) is 16.9. The number of nitrogens with one attached hydrogen (secondary N) is 1. The molecule has 1 heterocycles. The Morgan fingerprint density at radius 1 is 1.33 bits per heavy atom. The number of likely N-dealkylation sites (tertiary alicyclic amines) is 1. The smallest absolute Gasteiger partial charge is 0.248 e. The summed E-state index contributed by atoms with van der Waals surface area (Å²) in [5, 5.41) is 12.8. The number of carbonyl (C=O) groups excluding carboxylic acids is 2. The number of benzene rings is 1. The fourth-order valence-corrected chi connectivity index (χ4v) is 3.98. The van der Waals surface area contributed by atoms with E-state index in [4.69, 9.17) is 11.6 Å². The lowest BCUT2D eigenvalue weighted by atomic mass is 9.70. The minimum atomic E-state index is -1.09. The van der Waals surface area contributed by atoms with Crippen LogP contribution in [0.25, 0.3) is 0 Å². The van der Waals surface area contributed by atoms with Gasteiger partial charge >= 0.3 is 0 Å². The van der Waals surface area contributed by atoms with Crippen LogP contribution in [0.1, 0.15) is 58.9 Å². The lowest BCUT2D eigenvalue weighted by Crippen LogP contribution is -2.53. The summed E-state index contributed by atoms with van der Waals surface area (Å²) in [6.07, 6.45) is 0.00184. The van der Waals surface area contributed by atoms with Crippen LogP contribution in [0.15, 0.2) is 24.3 Å². The molecule has 1 saturated heterocycles. The Kier molecular flexibility index (Phi) is 6.59. The Labute approximate surface area is 167 Å². The van der Waals surface area contributed by atoms with Crippen molar-refractivity contribution in [2.75, 3.05) is 13.1 Å². The average Bonchev–Trinajstić information content (AvgIpc) is 2.54. The average molecular weight is 395 g/mol. The summed E-state index contributed by atoms with van der Waals surface area (Å²) < 4.78 is 0. The van der Waals surface area contributed by atoms with Crippen molar-refractivity contribution in [3.8, 4) is 0 Å². The molecule has 0 aromatic heterocycles. The van der Waals surface area contributed by atoms with Crippen LogP contribution in [0.5, 0.6) is 0 Å². The highest BCUT2D eigenvalue weighted by Crippen LogP contribution is 2.42. The Morgan fingerprint density at radius 3 is 2.44 bits per heavy atom. The third-order valence-electron chi connectivity index (χ3n) is 5.29. The van der Waals surface area contributed by atoms with Gasteiger partial charge in [-0.05, 0) is 56.2 Å². The van der Waals surface area contributed by atoms with Crippen LogP contribution >= 0.6 is 11.6 Å². The molecule has 2 amide bonds. The number of hydrogen-bond acceptors (Lipinski definition) is 3. The molecule has 0 saturated carbocycles. The molecule has 1 aromatic carbocycles. The molecular formula is C21H31ClN2O3. The van der Waals surface area contributed by atoms with Crippen LogP contribution in [0.2, 0.25) is 5.02 Å². The summed E-state index contributed by atoms with van der Waals surface area (Å²) >= 11 is 6.00. The number of amides is 2. The van der Waals surface area contributed by atoms with Crippen molar-refractivity contribution in [3.63, 3.8) is 0 Å². The zero-order chi connectivity index (χ0) is 20.4. The van der Waals surface area contributed by atoms with Crippen molar-refractivity contribution < 1.29 is 14.7 Å². The highest BCUT2D eigenvalue weighted by Gasteiger charge is 2.39. The summed E-state index contributed by atoms with van der Waals surface area (Å²) in [6, 6.07) is 7.97. The van der Waals surface area contributed by atoms with Gasteiger partial charge in [0.15, 0.2) is 0 Å². The van der Waals surface area contributed by atoms with E-state index in [-0.39, 0.29) is 17.7 Å². The van der Waals surface area contributed by atoms with E-state index in [1.165, 1.54) is 12.5 Å². The first-order valence-electron chi connectivity index (χ1n) is 9.45. The van der Waals surface area contributed by atoms with Crippen molar-refractivity contribution in [1.29, 1.82) is 0 Å². The molecule has 0 bridgehead atoms. The second-order valence-electron chi connectivity index (χ2n) is 8.92. The number of halogens is 1. The molecule has 6 heteroatoms. The predicted molar refractivity (Wildman–Crippen MR) is 108 cm³/mol. The van der Waals surface area contributed by atoms with Crippen LogP contribution in [0, 0.1) is 5.41 Å². The fraction of sp³-hybridized carbons (Fsp3) is 0.619. The van der Waals surface area contributed by atoms with E-state index in [0.717, 1.165) is 11.4 Å². The molecule has 1 aliphatic heterocycles. The van der Waals surface area contributed by atoms with Gasteiger partial charge in [-0.1, -0.05) is 37.6 Å². The highest BCUT2D eigenvalue weighted by molar-refractivity contribution is 6.30. The number of piperidine rings is 1. The number of rotatable bonds is 5. The number of aliphatic hydroxyl groups is 1. The molecule has 2 rings (SSSR count). The van der Waals surface area contributed by atoms with Gasteiger partial charge in [0.05, 0.1) is 0 Å². The molecule has 2 N–H and O–H groups in total. The first-order chi connectivity index (χ1) is 12.4. The van der Waals surface area contributed by atoms with Crippen molar-refractivity contribution in [2.24, 2.45) is 5.41 Å². The molecule has 0 aliphatic carbocycles. The van der Waals surface area contributed by atoms with E-state index in [2.05, 4.69) is 31.3 Å². The molecule has 0 spiro atoms. The normalized spacial score (nSPS) is 20.9. The van der Waals surface area contributed by atoms with Gasteiger partial charge in [-0.3, -0.25) is 9.59 Å². The van der Waals surface area contributed by atoms with Gasteiger partial charge in [0, 0.05) is 30.1 Å². The van der Waals surface area contributed by atoms with Crippen LogP contribution in [-0.4, -0.2) is 46.6 Å². The molecule has 1 fully saturated rings. The van der Waals surface area contributed by atoms with Crippen LogP contribution < -0.4 is 5.32 Å². The maximum atomic E-state index is 12.8. The molecule has 1 aromatic rings. The summed E-state index contributed by atoms with van der Waals surface area (Å²) in [5.41, 5.74) is 0.484. The minimum absolute atomic E-state index is 0.0218. The quantitative estimate of drug-likeness (QED) is 0.804.